The van der Waals surface area contributed by atoms with E-state index in [1.54, 1.807) is 49.4 Å². The lowest BCUT2D eigenvalue weighted by atomic mass is 10.3. The Balaban J connectivity index is 2.04. The molecule has 0 unspecified atom stereocenters. The minimum absolute atomic E-state index is 0.347. The zero-order valence-electron chi connectivity index (χ0n) is 11.1. The van der Waals surface area contributed by atoms with Crippen LogP contribution in [0.25, 0.3) is 0 Å². The van der Waals surface area contributed by atoms with Gasteiger partial charge in [-0.2, -0.15) is 0 Å². The summed E-state index contributed by atoms with van der Waals surface area (Å²) < 4.78 is 5.53. The number of rotatable bonds is 4. The van der Waals surface area contributed by atoms with Crippen molar-refractivity contribution in [3.05, 3.63) is 57.5 Å². The van der Waals surface area contributed by atoms with E-state index in [1.807, 2.05) is 0 Å². The minimum Gasteiger partial charge on any atom is -0.481 e. The highest BCUT2D eigenvalue weighted by Crippen LogP contribution is 2.30. The maximum atomic E-state index is 12.1. The van der Waals surface area contributed by atoms with Crippen molar-refractivity contribution in [2.45, 2.75) is 13.0 Å². The number of anilines is 1. The van der Waals surface area contributed by atoms with E-state index in [-0.39, 0.29) is 5.91 Å². The molecule has 2 rings (SSSR count). The fourth-order valence-corrected chi connectivity index (χ4v) is 2.23. The third kappa shape index (κ3) is 4.27. The van der Waals surface area contributed by atoms with Gasteiger partial charge in [0.2, 0.25) is 0 Å². The number of nitrogens with one attached hydrogen (secondary N) is 1. The smallest absolute Gasteiger partial charge is 0.265 e. The predicted molar refractivity (Wildman–Crippen MR) is 86.6 cm³/mol. The van der Waals surface area contributed by atoms with E-state index in [1.165, 1.54) is 0 Å². The maximum absolute atomic E-state index is 12.1. The molecule has 110 valence electrons. The molecule has 0 bridgehead atoms. The second-order valence-corrected chi connectivity index (χ2v) is 5.55. The van der Waals surface area contributed by atoms with Crippen LogP contribution < -0.4 is 10.1 Å². The number of para-hydroxylation sites is 1. The van der Waals surface area contributed by atoms with Crippen LogP contribution in [0.3, 0.4) is 0 Å². The first kappa shape index (κ1) is 16.0. The van der Waals surface area contributed by atoms with Gasteiger partial charge in [-0.25, -0.2) is 0 Å². The van der Waals surface area contributed by atoms with Gasteiger partial charge in [0.1, 0.15) is 5.75 Å². The zero-order valence-corrected chi connectivity index (χ0v) is 13.3. The van der Waals surface area contributed by atoms with Gasteiger partial charge < -0.3 is 10.1 Å². The highest BCUT2D eigenvalue weighted by molar-refractivity contribution is 6.39. The van der Waals surface area contributed by atoms with Gasteiger partial charge in [-0.1, -0.05) is 40.9 Å². The van der Waals surface area contributed by atoms with E-state index in [2.05, 4.69) is 5.32 Å². The average Bonchev–Trinajstić information content (AvgIpc) is 2.45. The lowest BCUT2D eigenvalue weighted by molar-refractivity contribution is -0.122. The largest absolute Gasteiger partial charge is 0.481 e. The fraction of sp³-hybridized carbons (Fsp3) is 0.133. The molecular weight excluding hydrogens is 333 g/mol. The van der Waals surface area contributed by atoms with Crippen molar-refractivity contribution in [2.75, 3.05) is 5.32 Å². The summed E-state index contributed by atoms with van der Waals surface area (Å²) in [5.74, 6) is 0.201. The SMILES string of the molecule is C[C@@H](Oc1ccc(Cl)cc1)C(=O)Nc1c(Cl)cccc1Cl. The van der Waals surface area contributed by atoms with Crippen molar-refractivity contribution >= 4 is 46.4 Å². The molecule has 6 heteroatoms. The predicted octanol–water partition coefficient (Wildman–Crippen LogP) is 5.05. The van der Waals surface area contributed by atoms with Gasteiger partial charge in [0.25, 0.3) is 5.91 Å². The molecule has 1 amide bonds. The Bertz CT molecular complexity index is 624. The first-order chi connectivity index (χ1) is 9.97. The van der Waals surface area contributed by atoms with Crippen molar-refractivity contribution < 1.29 is 9.53 Å². The van der Waals surface area contributed by atoms with Crippen LogP contribution in [-0.2, 0) is 4.79 Å². The van der Waals surface area contributed by atoms with Gasteiger partial charge in [0.15, 0.2) is 6.10 Å². The molecule has 0 radical (unpaired) electrons. The van der Waals surface area contributed by atoms with E-state index >= 15 is 0 Å². The molecule has 0 spiro atoms. The molecule has 1 atom stereocenters. The fourth-order valence-electron chi connectivity index (χ4n) is 1.61. The van der Waals surface area contributed by atoms with Crippen LogP contribution in [0.1, 0.15) is 6.92 Å². The molecule has 2 aromatic carbocycles. The molecule has 0 aromatic heterocycles. The molecule has 0 aliphatic carbocycles. The number of ether oxygens (including phenoxy) is 1. The third-order valence-corrected chi connectivity index (χ3v) is 3.59. The summed E-state index contributed by atoms with van der Waals surface area (Å²) in [5, 5.41) is 4.00. The summed E-state index contributed by atoms with van der Waals surface area (Å²) in [7, 11) is 0. The summed E-state index contributed by atoms with van der Waals surface area (Å²) in [4.78, 5) is 12.1. The third-order valence-electron chi connectivity index (χ3n) is 2.71. The molecule has 0 aliphatic heterocycles. The standard InChI is InChI=1S/C15H12Cl3NO2/c1-9(21-11-7-5-10(16)6-8-11)15(20)19-14-12(17)3-2-4-13(14)18/h2-9H,1H3,(H,19,20)/t9-/m1/s1. The zero-order chi connectivity index (χ0) is 15.4. The van der Waals surface area contributed by atoms with E-state index in [9.17, 15) is 4.79 Å². The van der Waals surface area contributed by atoms with Crippen LogP contribution in [0.4, 0.5) is 5.69 Å². The number of carbonyl (C=O) groups excluding carboxylic acids is 1. The number of hydrogen-bond donors (Lipinski definition) is 1. The Morgan fingerprint density at radius 1 is 1.05 bits per heavy atom. The highest BCUT2D eigenvalue weighted by atomic mass is 35.5. The topological polar surface area (TPSA) is 38.3 Å². The van der Waals surface area contributed by atoms with E-state index in [0.717, 1.165) is 0 Å². The van der Waals surface area contributed by atoms with Crippen molar-refractivity contribution in [1.82, 2.24) is 0 Å². The van der Waals surface area contributed by atoms with Crippen molar-refractivity contribution in [2.24, 2.45) is 0 Å². The summed E-state index contributed by atoms with van der Waals surface area (Å²) >= 11 is 17.8. The Kier molecular flexibility index (Phi) is 5.34. The number of amides is 1. The molecule has 1 N–H and O–H groups in total. The van der Waals surface area contributed by atoms with Gasteiger partial charge >= 0.3 is 0 Å². The van der Waals surface area contributed by atoms with Gasteiger partial charge in [-0.05, 0) is 43.3 Å². The molecular formula is C15H12Cl3NO2. The number of halogens is 3. The van der Waals surface area contributed by atoms with Crippen LogP contribution in [0.2, 0.25) is 15.1 Å². The van der Waals surface area contributed by atoms with E-state index in [0.29, 0.717) is 26.5 Å². The summed E-state index contributed by atoms with van der Waals surface area (Å²) in [6.07, 6.45) is -0.710. The second-order valence-electron chi connectivity index (χ2n) is 4.30. The van der Waals surface area contributed by atoms with Crippen LogP contribution >= 0.6 is 34.8 Å². The van der Waals surface area contributed by atoms with E-state index in [4.69, 9.17) is 39.5 Å². The Labute approximate surface area is 137 Å². The Morgan fingerprint density at radius 3 is 2.19 bits per heavy atom. The molecule has 0 heterocycles. The number of benzene rings is 2. The van der Waals surface area contributed by atoms with Gasteiger partial charge in [-0.3, -0.25) is 4.79 Å². The van der Waals surface area contributed by atoms with Gasteiger partial charge in [0, 0.05) is 5.02 Å². The Morgan fingerprint density at radius 2 is 1.62 bits per heavy atom. The van der Waals surface area contributed by atoms with Crippen molar-refractivity contribution in [3.8, 4) is 5.75 Å². The Hall–Kier alpha value is -1.42. The lowest BCUT2D eigenvalue weighted by Gasteiger charge is -2.16. The second kappa shape index (κ2) is 7.03. The highest BCUT2D eigenvalue weighted by Gasteiger charge is 2.17. The first-order valence-electron chi connectivity index (χ1n) is 6.14. The quantitative estimate of drug-likeness (QED) is 0.842. The first-order valence-corrected chi connectivity index (χ1v) is 7.28. The van der Waals surface area contributed by atoms with Gasteiger partial charge in [0.05, 0.1) is 15.7 Å². The van der Waals surface area contributed by atoms with Crippen LogP contribution in [0, 0.1) is 0 Å². The maximum Gasteiger partial charge on any atom is 0.265 e. The van der Waals surface area contributed by atoms with Crippen molar-refractivity contribution in [3.63, 3.8) is 0 Å². The lowest BCUT2D eigenvalue weighted by Crippen LogP contribution is -2.30. The van der Waals surface area contributed by atoms with Crippen LogP contribution in [0.15, 0.2) is 42.5 Å². The summed E-state index contributed by atoms with van der Waals surface area (Å²) in [6.45, 7) is 1.63. The van der Waals surface area contributed by atoms with Crippen LogP contribution in [0.5, 0.6) is 5.75 Å². The molecule has 0 fully saturated rings. The van der Waals surface area contributed by atoms with E-state index < -0.39 is 6.10 Å². The molecule has 0 saturated carbocycles. The molecule has 2 aromatic rings. The van der Waals surface area contributed by atoms with Crippen molar-refractivity contribution in [1.29, 1.82) is 0 Å². The van der Waals surface area contributed by atoms with Crippen LogP contribution in [-0.4, -0.2) is 12.0 Å². The summed E-state index contributed by atoms with van der Waals surface area (Å²) in [6, 6.07) is 11.7. The van der Waals surface area contributed by atoms with Gasteiger partial charge in [-0.15, -0.1) is 0 Å². The normalized spacial score (nSPS) is 11.8. The molecule has 3 nitrogen and oxygen atoms in total. The monoisotopic (exact) mass is 343 g/mol. The summed E-state index contributed by atoms with van der Waals surface area (Å²) in [5.41, 5.74) is 0.373. The molecule has 0 aliphatic rings. The minimum atomic E-state index is -0.710. The number of hydrogen-bond acceptors (Lipinski definition) is 2. The average molecular weight is 345 g/mol. The molecule has 0 saturated heterocycles. The number of carbonyl (C=O) groups is 1. The molecule has 21 heavy (non-hydrogen) atoms.